The fourth-order valence-electron chi connectivity index (χ4n) is 3.81. The Morgan fingerprint density at radius 1 is 0.684 bits per heavy atom. The second-order valence-electron chi connectivity index (χ2n) is 8.68. The minimum Gasteiger partial charge on any atom is -0.488 e. The summed E-state index contributed by atoms with van der Waals surface area (Å²) < 4.78 is 17.0. The van der Waals surface area contributed by atoms with Crippen molar-refractivity contribution in [3.05, 3.63) is 129 Å². The third-order valence-corrected chi connectivity index (χ3v) is 6.23. The van der Waals surface area contributed by atoms with Gasteiger partial charge in [0.25, 0.3) is 0 Å². The van der Waals surface area contributed by atoms with Gasteiger partial charge in [-0.2, -0.15) is 0 Å². The number of carbonyl (C=O) groups excluding carboxylic acids is 1. The molecule has 0 saturated carbocycles. The molecule has 0 aliphatic carbocycles. The van der Waals surface area contributed by atoms with Gasteiger partial charge in [0.05, 0.1) is 6.61 Å². The average Bonchev–Trinajstić information content (AvgIpc) is 2.92. The first-order chi connectivity index (χ1) is 18.5. The zero-order valence-corrected chi connectivity index (χ0v) is 22.5. The molecule has 1 N–H and O–H groups in total. The summed E-state index contributed by atoms with van der Waals surface area (Å²) >= 11 is 11.9. The van der Waals surface area contributed by atoms with Gasteiger partial charge in [-0.1, -0.05) is 71.7 Å². The maximum Gasteiger partial charge on any atom is 0.410 e. The molecule has 7 heteroatoms. The molecule has 0 saturated heterocycles. The number of ether oxygens (including phenoxy) is 3. The molecular formula is C31H29Cl2NO4. The number of halogens is 2. The van der Waals surface area contributed by atoms with Crippen LogP contribution in [0.3, 0.4) is 0 Å². The van der Waals surface area contributed by atoms with Gasteiger partial charge in [-0.05, 0) is 90.6 Å². The molecule has 0 bridgehead atoms. The normalized spacial score (nSPS) is 11.4. The van der Waals surface area contributed by atoms with Gasteiger partial charge in [0, 0.05) is 10.0 Å². The van der Waals surface area contributed by atoms with Crippen molar-refractivity contribution in [2.75, 3.05) is 13.2 Å². The van der Waals surface area contributed by atoms with Crippen LogP contribution >= 0.6 is 23.2 Å². The molecule has 4 aromatic rings. The van der Waals surface area contributed by atoms with E-state index in [-0.39, 0.29) is 13.2 Å². The first-order valence-corrected chi connectivity index (χ1v) is 13.1. The van der Waals surface area contributed by atoms with Gasteiger partial charge in [-0.25, -0.2) is 4.79 Å². The van der Waals surface area contributed by atoms with Gasteiger partial charge in [-0.15, -0.1) is 0 Å². The number of amides is 1. The van der Waals surface area contributed by atoms with E-state index < -0.39 is 12.3 Å². The van der Waals surface area contributed by atoms with E-state index in [0.29, 0.717) is 16.5 Å². The van der Waals surface area contributed by atoms with Crippen LogP contribution in [-0.2, 0) is 17.6 Å². The van der Waals surface area contributed by atoms with Crippen molar-refractivity contribution in [1.82, 2.24) is 5.32 Å². The Hall–Kier alpha value is -3.67. The van der Waals surface area contributed by atoms with Gasteiger partial charge >= 0.3 is 6.09 Å². The Balaban J connectivity index is 1.35. The van der Waals surface area contributed by atoms with E-state index >= 15 is 0 Å². The monoisotopic (exact) mass is 549 g/mol. The molecule has 5 nitrogen and oxygen atoms in total. The molecule has 38 heavy (non-hydrogen) atoms. The summed E-state index contributed by atoms with van der Waals surface area (Å²) in [5, 5.41) is 4.15. The second kappa shape index (κ2) is 13.8. The highest BCUT2D eigenvalue weighted by Gasteiger charge is 2.16. The Kier molecular flexibility index (Phi) is 9.90. The maximum atomic E-state index is 12.1. The molecule has 4 aromatic carbocycles. The van der Waals surface area contributed by atoms with E-state index in [1.165, 1.54) is 5.56 Å². The van der Waals surface area contributed by atoms with Crippen molar-refractivity contribution in [2.45, 2.75) is 26.0 Å². The Morgan fingerprint density at radius 3 is 1.55 bits per heavy atom. The van der Waals surface area contributed by atoms with Crippen molar-refractivity contribution >= 4 is 29.3 Å². The summed E-state index contributed by atoms with van der Waals surface area (Å²) in [5.41, 5.74) is 4.62. The SMILES string of the molecule is CCOC(=O)NC(COc1ccc(Cc2ccc(Cl)cc2)cc1)Oc1ccc(Cc2ccc(Cl)cc2)cc1. The molecule has 0 heterocycles. The topological polar surface area (TPSA) is 56.8 Å². The molecule has 0 fully saturated rings. The maximum absolute atomic E-state index is 12.1. The highest BCUT2D eigenvalue weighted by Crippen LogP contribution is 2.20. The fourth-order valence-corrected chi connectivity index (χ4v) is 4.06. The molecule has 1 atom stereocenters. The van der Waals surface area contributed by atoms with Crippen LogP contribution in [0.15, 0.2) is 97.1 Å². The summed E-state index contributed by atoms with van der Waals surface area (Å²) in [7, 11) is 0. The van der Waals surface area contributed by atoms with Crippen molar-refractivity contribution in [1.29, 1.82) is 0 Å². The molecule has 196 valence electrons. The Morgan fingerprint density at radius 2 is 1.11 bits per heavy atom. The van der Waals surface area contributed by atoms with E-state index in [2.05, 4.69) is 5.32 Å². The van der Waals surface area contributed by atoms with E-state index in [0.717, 1.165) is 34.6 Å². The van der Waals surface area contributed by atoms with Crippen LogP contribution in [0, 0.1) is 0 Å². The first-order valence-electron chi connectivity index (χ1n) is 12.4. The summed E-state index contributed by atoms with van der Waals surface area (Å²) in [6, 6.07) is 31.1. The quantitative estimate of drug-likeness (QED) is 0.195. The molecule has 0 aromatic heterocycles. The number of nitrogens with one attached hydrogen (secondary N) is 1. The molecule has 1 amide bonds. The number of hydrogen-bond acceptors (Lipinski definition) is 4. The van der Waals surface area contributed by atoms with Gasteiger partial charge in [0.1, 0.15) is 18.1 Å². The lowest BCUT2D eigenvalue weighted by Crippen LogP contribution is -2.43. The summed E-state index contributed by atoms with van der Waals surface area (Å²) in [4.78, 5) is 12.1. The van der Waals surface area contributed by atoms with Crippen LogP contribution < -0.4 is 14.8 Å². The van der Waals surface area contributed by atoms with Crippen molar-refractivity contribution in [3.8, 4) is 11.5 Å². The zero-order chi connectivity index (χ0) is 26.7. The average molecular weight is 550 g/mol. The molecule has 0 radical (unpaired) electrons. The predicted molar refractivity (Wildman–Crippen MR) is 151 cm³/mol. The van der Waals surface area contributed by atoms with Crippen LogP contribution in [-0.4, -0.2) is 25.5 Å². The Bertz CT molecular complexity index is 1290. The van der Waals surface area contributed by atoms with Crippen LogP contribution in [0.4, 0.5) is 4.79 Å². The molecule has 4 rings (SSSR count). The van der Waals surface area contributed by atoms with Crippen molar-refractivity contribution in [3.63, 3.8) is 0 Å². The first kappa shape index (κ1) is 27.4. The lowest BCUT2D eigenvalue weighted by molar-refractivity contribution is 0.0825. The minimum absolute atomic E-state index is 0.0991. The summed E-state index contributed by atoms with van der Waals surface area (Å²) in [5.74, 6) is 1.27. The lowest BCUT2D eigenvalue weighted by atomic mass is 10.1. The van der Waals surface area contributed by atoms with Crippen molar-refractivity contribution in [2.24, 2.45) is 0 Å². The summed E-state index contributed by atoms with van der Waals surface area (Å²) in [6.45, 7) is 2.10. The van der Waals surface area contributed by atoms with Crippen LogP contribution in [0.25, 0.3) is 0 Å². The molecular weight excluding hydrogens is 521 g/mol. The van der Waals surface area contributed by atoms with Crippen LogP contribution in [0.5, 0.6) is 11.5 Å². The third kappa shape index (κ3) is 8.72. The number of alkyl carbamates (subject to hydrolysis) is 1. The Labute approximate surface area is 233 Å². The molecule has 0 aliphatic heterocycles. The molecule has 1 unspecified atom stereocenters. The van der Waals surface area contributed by atoms with Gasteiger partial charge in [0.15, 0.2) is 0 Å². The van der Waals surface area contributed by atoms with E-state index in [1.54, 1.807) is 6.92 Å². The molecule has 0 aliphatic rings. The van der Waals surface area contributed by atoms with Crippen molar-refractivity contribution < 1.29 is 19.0 Å². The number of rotatable bonds is 11. The second-order valence-corrected chi connectivity index (χ2v) is 9.55. The third-order valence-electron chi connectivity index (χ3n) is 5.72. The molecule has 0 spiro atoms. The lowest BCUT2D eigenvalue weighted by Gasteiger charge is -2.21. The van der Waals surface area contributed by atoms with Gasteiger partial charge < -0.3 is 14.2 Å². The van der Waals surface area contributed by atoms with Crippen LogP contribution in [0.2, 0.25) is 10.0 Å². The number of carbonyl (C=O) groups is 1. The minimum atomic E-state index is -0.745. The highest BCUT2D eigenvalue weighted by molar-refractivity contribution is 6.30. The largest absolute Gasteiger partial charge is 0.488 e. The standard InChI is InChI=1S/C31H29Cl2NO4/c1-2-36-31(35)34-30(38-29-17-9-25(10-18-29)20-23-5-13-27(33)14-6-23)21-37-28-15-7-24(8-16-28)19-22-3-11-26(32)12-4-22/h3-18,30H,2,19-21H2,1H3,(H,34,35). The summed E-state index contributed by atoms with van der Waals surface area (Å²) in [6.07, 6.45) is 0.254. The van der Waals surface area contributed by atoms with Crippen LogP contribution in [0.1, 0.15) is 29.2 Å². The van der Waals surface area contributed by atoms with Gasteiger partial charge in [0.2, 0.25) is 6.23 Å². The zero-order valence-electron chi connectivity index (χ0n) is 21.0. The number of hydrogen-bond donors (Lipinski definition) is 1. The smallest absolute Gasteiger partial charge is 0.410 e. The van der Waals surface area contributed by atoms with E-state index in [1.807, 2.05) is 97.1 Å². The van der Waals surface area contributed by atoms with E-state index in [9.17, 15) is 4.79 Å². The highest BCUT2D eigenvalue weighted by atomic mass is 35.5. The fraction of sp³-hybridized carbons (Fsp3) is 0.194. The van der Waals surface area contributed by atoms with E-state index in [4.69, 9.17) is 37.4 Å². The predicted octanol–water partition coefficient (Wildman–Crippen LogP) is 7.71. The number of benzene rings is 4. The van der Waals surface area contributed by atoms with Gasteiger partial charge in [-0.3, -0.25) is 5.32 Å².